The van der Waals surface area contributed by atoms with E-state index in [1.165, 1.54) is 36.3 Å². The minimum Gasteiger partial charge on any atom is -0.508 e. The smallest absolute Gasteiger partial charge is 0.326 e. The number of aromatic hydroxyl groups is 1. The predicted molar refractivity (Wildman–Crippen MR) is 96.2 cm³/mol. The summed E-state index contributed by atoms with van der Waals surface area (Å²) in [6.07, 6.45) is 1.46. The first-order valence-corrected chi connectivity index (χ1v) is 7.81. The molecule has 1 aromatic heterocycles. The Morgan fingerprint density at radius 3 is 2.40 bits per heavy atom. The summed E-state index contributed by atoms with van der Waals surface area (Å²) in [5.41, 5.74) is 0.716. The van der Waals surface area contributed by atoms with Gasteiger partial charge in [-0.2, -0.15) is 0 Å². The van der Waals surface area contributed by atoms with E-state index in [0.29, 0.717) is 11.4 Å². The van der Waals surface area contributed by atoms with Crippen LogP contribution in [0.25, 0.3) is 0 Å². The molecule has 2 rings (SSSR count). The van der Waals surface area contributed by atoms with Crippen LogP contribution >= 0.6 is 0 Å². The molecule has 0 saturated heterocycles. The highest BCUT2D eigenvalue weighted by Gasteiger charge is 2.21. The highest BCUT2D eigenvalue weighted by Crippen LogP contribution is 2.28. The number of benzene rings is 1. The average molecular weight is 342 g/mol. The van der Waals surface area contributed by atoms with Crippen LogP contribution in [0.1, 0.15) is 31.3 Å². The van der Waals surface area contributed by atoms with E-state index in [1.807, 2.05) is 20.8 Å². The Kier molecular flexibility index (Phi) is 5.26. The van der Waals surface area contributed by atoms with Gasteiger partial charge < -0.3 is 15.7 Å². The van der Waals surface area contributed by atoms with Crippen molar-refractivity contribution in [2.45, 2.75) is 26.3 Å². The highest BCUT2D eigenvalue weighted by atomic mass is 16.3. The zero-order valence-corrected chi connectivity index (χ0v) is 14.7. The van der Waals surface area contributed by atoms with Crippen molar-refractivity contribution < 1.29 is 14.7 Å². The van der Waals surface area contributed by atoms with Crippen LogP contribution < -0.4 is 15.5 Å². The van der Waals surface area contributed by atoms with Crippen LogP contribution in [0.15, 0.2) is 42.6 Å². The number of anilines is 2. The van der Waals surface area contributed by atoms with Crippen molar-refractivity contribution in [3.8, 4) is 5.75 Å². The highest BCUT2D eigenvalue weighted by molar-refractivity contribution is 6.01. The van der Waals surface area contributed by atoms with Gasteiger partial charge in [0.25, 0.3) is 5.91 Å². The number of hydrogen-bond acceptors (Lipinski definition) is 4. The number of rotatable bonds is 3. The number of hydrogen-bond donors (Lipinski definition) is 3. The molecule has 1 aromatic carbocycles. The molecule has 0 unspecified atom stereocenters. The number of pyridine rings is 1. The molecule has 0 aliphatic carbocycles. The van der Waals surface area contributed by atoms with E-state index in [1.54, 1.807) is 18.2 Å². The summed E-state index contributed by atoms with van der Waals surface area (Å²) < 4.78 is 0. The number of phenols is 1. The summed E-state index contributed by atoms with van der Waals surface area (Å²) in [4.78, 5) is 30.1. The summed E-state index contributed by atoms with van der Waals surface area (Å²) in [7, 11) is 1.51. The molecule has 0 aliphatic rings. The quantitative estimate of drug-likeness (QED) is 0.799. The fourth-order valence-electron chi connectivity index (χ4n) is 2.21. The Hall–Kier alpha value is -3.09. The van der Waals surface area contributed by atoms with Gasteiger partial charge in [-0.1, -0.05) is 6.07 Å². The van der Waals surface area contributed by atoms with E-state index in [-0.39, 0.29) is 17.4 Å². The molecule has 132 valence electrons. The van der Waals surface area contributed by atoms with Gasteiger partial charge in [0.2, 0.25) is 0 Å². The minimum atomic E-state index is -0.404. The molecule has 7 heteroatoms. The van der Waals surface area contributed by atoms with Crippen molar-refractivity contribution in [1.29, 1.82) is 0 Å². The Labute approximate surface area is 146 Å². The maximum Gasteiger partial charge on any atom is 0.326 e. The number of carbonyl (C=O) groups excluding carboxylic acids is 2. The first kappa shape index (κ1) is 18.3. The van der Waals surface area contributed by atoms with E-state index in [9.17, 15) is 14.7 Å². The summed E-state index contributed by atoms with van der Waals surface area (Å²) in [6.45, 7) is 5.62. The second-order valence-electron chi connectivity index (χ2n) is 6.51. The van der Waals surface area contributed by atoms with Gasteiger partial charge in [-0.25, -0.2) is 4.79 Å². The van der Waals surface area contributed by atoms with Gasteiger partial charge in [-0.15, -0.1) is 0 Å². The van der Waals surface area contributed by atoms with Crippen molar-refractivity contribution in [3.05, 3.63) is 48.3 Å². The van der Waals surface area contributed by atoms with E-state index >= 15 is 0 Å². The molecule has 0 spiro atoms. The molecule has 0 atom stereocenters. The lowest BCUT2D eigenvalue weighted by Gasteiger charge is -2.24. The molecule has 0 fully saturated rings. The number of carbonyl (C=O) groups is 2. The SMILES string of the molecule is CNC(=O)N(c1cccc(O)c1)c1ccnc(C(=O)NC(C)(C)C)c1. The van der Waals surface area contributed by atoms with Gasteiger partial charge >= 0.3 is 6.03 Å². The lowest BCUT2D eigenvalue weighted by atomic mass is 10.1. The standard InChI is InChI=1S/C18H22N4O3/c1-18(2,3)21-16(24)15-11-13(8-9-20-15)22(17(25)19-4)12-6-5-7-14(23)10-12/h5-11,23H,1-4H3,(H,19,25)(H,21,24). The average Bonchev–Trinajstić information content (AvgIpc) is 2.53. The van der Waals surface area contributed by atoms with Crippen LogP contribution in [0.4, 0.5) is 16.2 Å². The first-order valence-electron chi connectivity index (χ1n) is 7.81. The lowest BCUT2D eigenvalue weighted by Crippen LogP contribution is -2.41. The molecule has 25 heavy (non-hydrogen) atoms. The zero-order valence-electron chi connectivity index (χ0n) is 14.7. The fraction of sp³-hybridized carbons (Fsp3) is 0.278. The van der Waals surface area contributed by atoms with Crippen LogP contribution in [-0.2, 0) is 0 Å². The van der Waals surface area contributed by atoms with Gasteiger partial charge in [0.1, 0.15) is 11.4 Å². The number of phenolic OH excluding ortho intramolecular Hbond substituents is 1. The summed E-state index contributed by atoms with van der Waals surface area (Å²) in [5, 5.41) is 15.1. The second kappa shape index (κ2) is 7.21. The van der Waals surface area contributed by atoms with Crippen LogP contribution in [-0.4, -0.2) is 34.6 Å². The second-order valence-corrected chi connectivity index (χ2v) is 6.51. The molecule has 0 saturated carbocycles. The molecule has 3 amide bonds. The van der Waals surface area contributed by atoms with Gasteiger partial charge in [0.05, 0.1) is 11.4 Å². The lowest BCUT2D eigenvalue weighted by molar-refractivity contribution is 0.0914. The van der Waals surface area contributed by atoms with Crippen molar-refractivity contribution in [2.24, 2.45) is 0 Å². The third-order valence-electron chi connectivity index (χ3n) is 3.23. The Balaban J connectivity index is 2.44. The van der Waals surface area contributed by atoms with Gasteiger partial charge in [-0.05, 0) is 45.0 Å². The number of amides is 3. The maximum atomic E-state index is 12.3. The Morgan fingerprint density at radius 2 is 1.80 bits per heavy atom. The third-order valence-corrected chi connectivity index (χ3v) is 3.23. The van der Waals surface area contributed by atoms with E-state index < -0.39 is 11.6 Å². The molecule has 1 heterocycles. The van der Waals surface area contributed by atoms with Crippen LogP contribution in [0.2, 0.25) is 0 Å². The Morgan fingerprint density at radius 1 is 1.12 bits per heavy atom. The monoisotopic (exact) mass is 342 g/mol. The summed E-state index contributed by atoms with van der Waals surface area (Å²) >= 11 is 0. The van der Waals surface area contributed by atoms with Crippen LogP contribution in [0.5, 0.6) is 5.75 Å². The van der Waals surface area contributed by atoms with Crippen LogP contribution in [0, 0.1) is 0 Å². The largest absolute Gasteiger partial charge is 0.508 e. The van der Waals surface area contributed by atoms with Gasteiger partial charge in [-0.3, -0.25) is 14.7 Å². The van der Waals surface area contributed by atoms with Crippen LogP contribution in [0.3, 0.4) is 0 Å². The van der Waals surface area contributed by atoms with Crippen molar-refractivity contribution in [3.63, 3.8) is 0 Å². The van der Waals surface area contributed by atoms with Crippen molar-refractivity contribution >= 4 is 23.3 Å². The Bertz CT molecular complexity index is 784. The molecule has 2 aromatic rings. The minimum absolute atomic E-state index is 0.0335. The predicted octanol–water partition coefficient (Wildman–Crippen LogP) is 2.79. The molecule has 3 N–H and O–H groups in total. The van der Waals surface area contributed by atoms with E-state index in [2.05, 4.69) is 15.6 Å². The van der Waals surface area contributed by atoms with Gasteiger partial charge in [0.15, 0.2) is 0 Å². The number of nitrogens with one attached hydrogen (secondary N) is 2. The fourth-order valence-corrected chi connectivity index (χ4v) is 2.21. The summed E-state index contributed by atoms with van der Waals surface area (Å²) in [5.74, 6) is -0.298. The topological polar surface area (TPSA) is 94.6 Å². The third kappa shape index (κ3) is 4.69. The number of urea groups is 1. The first-order chi connectivity index (χ1) is 11.7. The van der Waals surface area contributed by atoms with E-state index in [0.717, 1.165) is 0 Å². The zero-order chi connectivity index (χ0) is 18.6. The molecule has 0 aliphatic heterocycles. The molecular weight excluding hydrogens is 320 g/mol. The van der Waals surface area contributed by atoms with E-state index in [4.69, 9.17) is 0 Å². The van der Waals surface area contributed by atoms with Gasteiger partial charge in [0, 0.05) is 24.8 Å². The number of nitrogens with zero attached hydrogens (tertiary/aromatic N) is 2. The maximum absolute atomic E-state index is 12.3. The number of aromatic nitrogens is 1. The molecule has 0 bridgehead atoms. The van der Waals surface area contributed by atoms with Crippen molar-refractivity contribution in [1.82, 2.24) is 15.6 Å². The summed E-state index contributed by atoms with van der Waals surface area (Å²) in [6, 6.07) is 9.04. The molecule has 0 radical (unpaired) electrons. The van der Waals surface area contributed by atoms with Crippen molar-refractivity contribution in [2.75, 3.05) is 11.9 Å². The molecule has 7 nitrogen and oxygen atoms in total. The normalized spacial score (nSPS) is 10.9. The molecular formula is C18H22N4O3.